The Bertz CT molecular complexity index is 659. The molecule has 24 heavy (non-hydrogen) atoms. The molecule has 4 amide bonds. The summed E-state index contributed by atoms with van der Waals surface area (Å²) in [6, 6.07) is 8.94. The first kappa shape index (κ1) is 16.3. The van der Waals surface area contributed by atoms with E-state index >= 15 is 0 Å². The Morgan fingerprint density at radius 3 is 2.62 bits per heavy atom. The zero-order valence-corrected chi connectivity index (χ0v) is 13.8. The normalized spacial score (nSPS) is 22.7. The van der Waals surface area contributed by atoms with Crippen molar-refractivity contribution in [1.82, 2.24) is 15.1 Å². The van der Waals surface area contributed by atoms with E-state index in [4.69, 9.17) is 4.74 Å². The largest absolute Gasteiger partial charge is 0.489 e. The molecule has 1 atom stereocenters. The lowest BCUT2D eigenvalue weighted by Gasteiger charge is -2.20. The van der Waals surface area contributed by atoms with Crippen LogP contribution in [-0.2, 0) is 9.59 Å². The van der Waals surface area contributed by atoms with E-state index in [9.17, 15) is 14.4 Å². The monoisotopic (exact) mass is 331 g/mol. The highest BCUT2D eigenvalue weighted by Crippen LogP contribution is 2.20. The maximum Gasteiger partial charge on any atom is 0.325 e. The van der Waals surface area contributed by atoms with E-state index in [1.54, 1.807) is 18.7 Å². The number of carbonyl (C=O) groups is 3. The topological polar surface area (TPSA) is 79.0 Å². The van der Waals surface area contributed by atoms with Crippen molar-refractivity contribution in [2.24, 2.45) is 0 Å². The second kappa shape index (κ2) is 6.14. The Kier molecular flexibility index (Phi) is 4.17. The summed E-state index contributed by atoms with van der Waals surface area (Å²) in [5.41, 5.74) is -0.957. The van der Waals surface area contributed by atoms with E-state index in [1.165, 1.54) is 0 Å². The van der Waals surface area contributed by atoms with E-state index in [0.29, 0.717) is 13.1 Å². The zero-order valence-electron chi connectivity index (χ0n) is 13.8. The van der Waals surface area contributed by atoms with Crippen molar-refractivity contribution < 1.29 is 19.1 Å². The summed E-state index contributed by atoms with van der Waals surface area (Å²) in [7, 11) is 0. The van der Waals surface area contributed by atoms with Gasteiger partial charge in [0, 0.05) is 13.0 Å². The number of likely N-dealkylation sites (tertiary alicyclic amines) is 1. The predicted molar refractivity (Wildman–Crippen MR) is 86.4 cm³/mol. The van der Waals surface area contributed by atoms with Crippen molar-refractivity contribution in [3.05, 3.63) is 30.3 Å². The van der Waals surface area contributed by atoms with Crippen LogP contribution in [-0.4, -0.2) is 58.9 Å². The molecule has 2 aliphatic rings. The van der Waals surface area contributed by atoms with Crippen LogP contribution in [0.15, 0.2) is 30.3 Å². The average molecular weight is 331 g/mol. The molecule has 1 aromatic rings. The summed E-state index contributed by atoms with van der Waals surface area (Å²) in [5, 5.41) is 2.57. The molecule has 0 aliphatic carbocycles. The number of nitrogens with zero attached hydrogens (tertiary/aromatic N) is 2. The lowest BCUT2D eigenvalue weighted by atomic mass is 10.1. The van der Waals surface area contributed by atoms with Crippen molar-refractivity contribution in [3.63, 3.8) is 0 Å². The quantitative estimate of drug-likeness (QED) is 0.835. The van der Waals surface area contributed by atoms with Gasteiger partial charge in [0.05, 0.1) is 6.54 Å². The number of hydrogen-bond donors (Lipinski definition) is 1. The first-order valence-corrected chi connectivity index (χ1v) is 8.00. The van der Waals surface area contributed by atoms with Crippen LogP contribution < -0.4 is 10.1 Å². The minimum Gasteiger partial charge on any atom is -0.489 e. The van der Waals surface area contributed by atoms with Gasteiger partial charge >= 0.3 is 6.03 Å². The number of carbonyl (C=O) groups excluding carboxylic acids is 3. The minimum absolute atomic E-state index is 0.0732. The number of benzene rings is 1. The predicted octanol–water partition coefficient (Wildman–Crippen LogP) is 0.997. The van der Waals surface area contributed by atoms with Crippen LogP contribution in [0.1, 0.15) is 20.3 Å². The summed E-state index contributed by atoms with van der Waals surface area (Å²) in [6.07, 6.45) is 0.655. The Hall–Kier alpha value is -2.57. The van der Waals surface area contributed by atoms with Gasteiger partial charge in [-0.25, -0.2) is 4.79 Å². The third kappa shape index (κ3) is 3.20. The van der Waals surface area contributed by atoms with Crippen molar-refractivity contribution in [3.8, 4) is 5.75 Å². The minimum atomic E-state index is -0.957. The Balaban J connectivity index is 1.55. The van der Waals surface area contributed by atoms with Gasteiger partial charge in [-0.1, -0.05) is 18.2 Å². The fourth-order valence-electron chi connectivity index (χ4n) is 2.94. The number of imide groups is 1. The third-order valence-corrected chi connectivity index (χ3v) is 4.28. The molecule has 1 N–H and O–H groups in total. The summed E-state index contributed by atoms with van der Waals surface area (Å²) in [5.74, 6) is 0.153. The molecular formula is C17H21N3O4. The van der Waals surface area contributed by atoms with Crippen LogP contribution in [0.4, 0.5) is 4.79 Å². The number of hydrogen-bond acceptors (Lipinski definition) is 4. The summed E-state index contributed by atoms with van der Waals surface area (Å²) in [6.45, 7) is 4.03. The number of nitrogens with one attached hydrogen (secondary N) is 1. The van der Waals surface area contributed by atoms with Gasteiger partial charge in [-0.3, -0.25) is 14.5 Å². The summed E-state index contributed by atoms with van der Waals surface area (Å²) in [4.78, 5) is 39.0. The van der Waals surface area contributed by atoms with Crippen LogP contribution in [0.3, 0.4) is 0 Å². The van der Waals surface area contributed by atoms with Gasteiger partial charge in [0.2, 0.25) is 5.91 Å². The van der Waals surface area contributed by atoms with Gasteiger partial charge in [0.25, 0.3) is 5.91 Å². The number of para-hydroxylation sites is 1. The lowest BCUT2D eigenvalue weighted by molar-refractivity contribution is -0.138. The second-order valence-corrected chi connectivity index (χ2v) is 6.63. The number of ether oxygens (including phenoxy) is 1. The summed E-state index contributed by atoms with van der Waals surface area (Å²) < 4.78 is 5.85. The van der Waals surface area contributed by atoms with Gasteiger partial charge in [-0.15, -0.1) is 0 Å². The summed E-state index contributed by atoms with van der Waals surface area (Å²) >= 11 is 0. The van der Waals surface area contributed by atoms with Gasteiger partial charge in [0.1, 0.15) is 23.9 Å². The highest BCUT2D eigenvalue weighted by Gasteiger charge is 2.45. The molecule has 0 spiro atoms. The highest BCUT2D eigenvalue weighted by atomic mass is 16.5. The molecule has 3 rings (SSSR count). The molecule has 1 aromatic carbocycles. The van der Waals surface area contributed by atoms with Gasteiger partial charge in [-0.05, 0) is 26.0 Å². The van der Waals surface area contributed by atoms with E-state index in [2.05, 4.69) is 5.32 Å². The second-order valence-electron chi connectivity index (χ2n) is 6.63. The van der Waals surface area contributed by atoms with E-state index in [-0.39, 0.29) is 24.5 Å². The molecule has 0 unspecified atom stereocenters. The van der Waals surface area contributed by atoms with Gasteiger partial charge in [-0.2, -0.15) is 0 Å². The SMILES string of the molecule is CC1(C)NC(=O)N(CC(=O)N2CC[C@H](Oc3ccccc3)C2)C1=O. The average Bonchev–Trinajstić information content (AvgIpc) is 3.07. The van der Waals surface area contributed by atoms with Crippen LogP contribution >= 0.6 is 0 Å². The molecule has 2 heterocycles. The van der Waals surface area contributed by atoms with Crippen molar-refractivity contribution in [1.29, 1.82) is 0 Å². The van der Waals surface area contributed by atoms with Crippen LogP contribution in [0.2, 0.25) is 0 Å². The Labute approximate surface area is 140 Å². The highest BCUT2D eigenvalue weighted by molar-refractivity contribution is 6.08. The molecule has 0 bridgehead atoms. The Morgan fingerprint density at radius 1 is 1.29 bits per heavy atom. The number of amides is 4. The third-order valence-electron chi connectivity index (χ3n) is 4.28. The van der Waals surface area contributed by atoms with Crippen molar-refractivity contribution in [2.45, 2.75) is 31.9 Å². The smallest absolute Gasteiger partial charge is 0.325 e. The van der Waals surface area contributed by atoms with Gasteiger partial charge < -0.3 is 15.0 Å². The Morgan fingerprint density at radius 2 is 2.00 bits per heavy atom. The molecule has 2 fully saturated rings. The molecule has 0 saturated carbocycles. The maximum absolute atomic E-state index is 12.4. The van der Waals surface area contributed by atoms with E-state index in [0.717, 1.165) is 17.1 Å². The molecule has 2 saturated heterocycles. The molecular weight excluding hydrogens is 310 g/mol. The molecule has 0 radical (unpaired) electrons. The molecule has 7 nitrogen and oxygen atoms in total. The molecule has 128 valence electrons. The van der Waals surface area contributed by atoms with Crippen LogP contribution in [0.5, 0.6) is 5.75 Å². The fraction of sp³-hybridized carbons (Fsp3) is 0.471. The van der Waals surface area contributed by atoms with Crippen molar-refractivity contribution in [2.75, 3.05) is 19.6 Å². The van der Waals surface area contributed by atoms with E-state index < -0.39 is 11.6 Å². The molecule has 7 heteroatoms. The fourth-order valence-corrected chi connectivity index (χ4v) is 2.94. The molecule has 0 aromatic heterocycles. The zero-order chi connectivity index (χ0) is 17.3. The van der Waals surface area contributed by atoms with Gasteiger partial charge in [0.15, 0.2) is 0 Å². The number of urea groups is 1. The standard InChI is InChI=1S/C17H21N3O4/c1-17(2)15(22)20(16(23)18-17)11-14(21)19-9-8-13(10-19)24-12-6-4-3-5-7-12/h3-7,13H,8-11H2,1-2H3,(H,18,23)/t13-/m0/s1. The molecule has 2 aliphatic heterocycles. The van der Waals surface area contributed by atoms with Crippen LogP contribution in [0.25, 0.3) is 0 Å². The first-order chi connectivity index (χ1) is 11.4. The lowest BCUT2D eigenvalue weighted by Crippen LogP contribution is -2.44. The van der Waals surface area contributed by atoms with E-state index in [1.807, 2.05) is 30.3 Å². The van der Waals surface area contributed by atoms with Crippen LogP contribution in [0, 0.1) is 0 Å². The maximum atomic E-state index is 12.4. The number of rotatable bonds is 4. The van der Waals surface area contributed by atoms with Crippen molar-refractivity contribution >= 4 is 17.8 Å². The first-order valence-electron chi connectivity index (χ1n) is 8.00.